The minimum atomic E-state index is -0.663. The van der Waals surface area contributed by atoms with Gasteiger partial charge in [-0.25, -0.2) is 0 Å². The van der Waals surface area contributed by atoms with E-state index in [0.29, 0.717) is 6.61 Å². The molecule has 3 aromatic rings. The molecule has 188 valence electrons. The number of hydrogen-bond donors (Lipinski definition) is 2. The van der Waals surface area contributed by atoms with Gasteiger partial charge in [-0.2, -0.15) is 0 Å². The van der Waals surface area contributed by atoms with E-state index in [4.69, 9.17) is 4.74 Å². The second-order valence-electron chi connectivity index (χ2n) is 9.77. The summed E-state index contributed by atoms with van der Waals surface area (Å²) in [5.74, 6) is 0.951. The summed E-state index contributed by atoms with van der Waals surface area (Å²) >= 11 is 3.64. The van der Waals surface area contributed by atoms with Crippen LogP contribution in [-0.2, 0) is 0 Å². The van der Waals surface area contributed by atoms with E-state index in [1.165, 1.54) is 32.4 Å². The fourth-order valence-corrected chi connectivity index (χ4v) is 6.07. The predicted molar refractivity (Wildman–Crippen MR) is 149 cm³/mol. The quantitative estimate of drug-likeness (QED) is 0.339. The van der Waals surface area contributed by atoms with E-state index >= 15 is 0 Å². The Kier molecular flexibility index (Phi) is 7.80. The van der Waals surface area contributed by atoms with Crippen LogP contribution in [0.3, 0.4) is 0 Å². The normalized spacial score (nSPS) is 21.3. The molecule has 1 heterocycles. The van der Waals surface area contributed by atoms with Gasteiger partial charge in [0, 0.05) is 16.9 Å². The molecule has 0 amide bonds. The second-order valence-corrected chi connectivity index (χ2v) is 10.7. The van der Waals surface area contributed by atoms with Crippen LogP contribution in [0.15, 0.2) is 71.2 Å². The molecule has 1 fully saturated rings. The number of fused-ring (bicyclic) bond motifs is 1. The van der Waals surface area contributed by atoms with Gasteiger partial charge in [-0.15, -0.1) is 0 Å². The maximum Gasteiger partial charge on any atom is 0.119 e. The molecule has 2 N–H and O–H groups in total. The van der Waals surface area contributed by atoms with Gasteiger partial charge in [0.1, 0.15) is 18.1 Å². The van der Waals surface area contributed by atoms with Crippen LogP contribution in [0.2, 0.25) is 0 Å². The molecular weight excluding hydrogens is 514 g/mol. The maximum absolute atomic E-state index is 11.7. The molecule has 0 aromatic heterocycles. The van der Waals surface area contributed by atoms with E-state index in [9.17, 15) is 10.2 Å². The molecule has 0 saturated carbocycles. The predicted octanol–water partition coefficient (Wildman–Crippen LogP) is 6.85. The molecule has 36 heavy (non-hydrogen) atoms. The van der Waals surface area contributed by atoms with Gasteiger partial charge < -0.3 is 14.9 Å². The first-order valence-electron chi connectivity index (χ1n) is 13.0. The van der Waals surface area contributed by atoms with Crippen molar-refractivity contribution in [2.24, 2.45) is 0 Å². The number of aromatic hydroxyl groups is 1. The molecule has 0 bridgehead atoms. The summed E-state index contributed by atoms with van der Waals surface area (Å²) in [5, 5.41) is 21.5. The Morgan fingerprint density at radius 2 is 1.69 bits per heavy atom. The first kappa shape index (κ1) is 25.1. The summed E-state index contributed by atoms with van der Waals surface area (Å²) in [6, 6.07) is 21.8. The van der Waals surface area contributed by atoms with Gasteiger partial charge in [-0.05, 0) is 102 Å². The Morgan fingerprint density at radius 3 is 2.39 bits per heavy atom. The first-order chi connectivity index (χ1) is 17.5. The smallest absolute Gasteiger partial charge is 0.119 e. The zero-order chi connectivity index (χ0) is 25.1. The molecule has 2 atom stereocenters. The highest BCUT2D eigenvalue weighted by molar-refractivity contribution is 9.10. The third-order valence-electron chi connectivity index (χ3n) is 7.51. The molecule has 2 unspecified atom stereocenters. The molecule has 2 aliphatic rings. The monoisotopic (exact) mass is 547 g/mol. The van der Waals surface area contributed by atoms with Crippen molar-refractivity contribution in [3.8, 4) is 11.5 Å². The van der Waals surface area contributed by atoms with Crippen molar-refractivity contribution in [2.45, 2.75) is 44.6 Å². The number of aliphatic hydroxyl groups is 1. The van der Waals surface area contributed by atoms with Crippen molar-refractivity contribution < 1.29 is 14.9 Å². The molecule has 4 nitrogen and oxygen atoms in total. The number of ether oxygens (including phenoxy) is 1. The third kappa shape index (κ3) is 5.24. The van der Waals surface area contributed by atoms with Crippen molar-refractivity contribution in [3.05, 3.63) is 93.5 Å². The lowest BCUT2D eigenvalue weighted by molar-refractivity contribution is 0.183. The van der Waals surface area contributed by atoms with Crippen molar-refractivity contribution in [3.63, 3.8) is 0 Å². The number of allylic oxidation sites excluding steroid dienone is 1. The molecule has 0 spiro atoms. The molecular formula is C31H34BrNO3. The Bertz CT molecular complexity index is 1210. The maximum atomic E-state index is 11.7. The number of phenolic OH excluding ortho intramolecular Hbond substituents is 1. The van der Waals surface area contributed by atoms with Crippen LogP contribution in [0.25, 0.3) is 11.1 Å². The number of phenols is 1. The Morgan fingerprint density at radius 1 is 0.972 bits per heavy atom. The van der Waals surface area contributed by atoms with Gasteiger partial charge >= 0.3 is 0 Å². The highest BCUT2D eigenvalue weighted by atomic mass is 79.9. The minimum Gasteiger partial charge on any atom is -0.508 e. The molecule has 0 radical (unpaired) electrons. The zero-order valence-electron chi connectivity index (χ0n) is 20.8. The van der Waals surface area contributed by atoms with Crippen molar-refractivity contribution in [1.29, 1.82) is 0 Å². The van der Waals surface area contributed by atoms with E-state index in [1.54, 1.807) is 12.1 Å². The van der Waals surface area contributed by atoms with E-state index < -0.39 is 6.10 Å². The highest BCUT2D eigenvalue weighted by Gasteiger charge is 2.38. The number of nitrogens with zero attached hydrogens (tertiary/aromatic N) is 1. The van der Waals surface area contributed by atoms with Crippen LogP contribution in [0.5, 0.6) is 11.5 Å². The molecule has 3 aromatic carbocycles. The Labute approximate surface area is 222 Å². The highest BCUT2D eigenvalue weighted by Crippen LogP contribution is 2.49. The first-order valence-corrected chi connectivity index (χ1v) is 13.8. The summed E-state index contributed by atoms with van der Waals surface area (Å²) < 4.78 is 7.04. The van der Waals surface area contributed by atoms with Gasteiger partial charge in [0.05, 0.1) is 6.10 Å². The standard InChI is InChI=1S/C31H34BrNO3/c1-2-26(21-6-11-24(34)12-7-21)30-27-15-10-23(32)20-28(27)29(31(30)35)22-8-13-25(14-9-22)36-19-18-33-16-4-3-5-17-33/h6-15,20,29,31,34-35H,2-5,16-19H2,1H3/b30-26+. The van der Waals surface area contributed by atoms with E-state index in [1.807, 2.05) is 30.3 Å². The molecule has 1 aliphatic carbocycles. The largest absolute Gasteiger partial charge is 0.508 e. The molecule has 1 saturated heterocycles. The fourth-order valence-electron chi connectivity index (χ4n) is 5.69. The summed E-state index contributed by atoms with van der Waals surface area (Å²) in [6.07, 6.45) is 4.04. The van der Waals surface area contributed by atoms with E-state index in [-0.39, 0.29) is 11.7 Å². The fraction of sp³-hybridized carbons (Fsp3) is 0.355. The lowest BCUT2D eigenvalue weighted by atomic mass is 9.89. The van der Waals surface area contributed by atoms with Crippen molar-refractivity contribution >= 4 is 27.1 Å². The number of benzene rings is 3. The Balaban J connectivity index is 1.41. The Hall–Kier alpha value is -2.60. The number of aliphatic hydroxyl groups excluding tert-OH is 1. The van der Waals surface area contributed by atoms with Crippen LogP contribution >= 0.6 is 15.9 Å². The minimum absolute atomic E-state index is 0.159. The van der Waals surface area contributed by atoms with Crippen LogP contribution < -0.4 is 4.74 Å². The lowest BCUT2D eigenvalue weighted by Gasteiger charge is -2.26. The SMILES string of the molecule is CC/C(=C1/c2ccc(Br)cc2C(c2ccc(OCCN3CCCCC3)cc2)C1O)c1ccc(O)cc1. The number of hydrogen-bond acceptors (Lipinski definition) is 4. The second kappa shape index (κ2) is 11.2. The van der Waals surface area contributed by atoms with Crippen LogP contribution in [0.4, 0.5) is 0 Å². The lowest BCUT2D eigenvalue weighted by Crippen LogP contribution is -2.33. The summed E-state index contributed by atoms with van der Waals surface area (Å²) in [6.45, 7) is 6.13. The van der Waals surface area contributed by atoms with Gasteiger partial charge in [-0.3, -0.25) is 4.90 Å². The number of halogens is 1. The van der Waals surface area contributed by atoms with Crippen molar-refractivity contribution in [1.82, 2.24) is 4.90 Å². The number of likely N-dealkylation sites (tertiary alicyclic amines) is 1. The van der Waals surface area contributed by atoms with E-state index in [0.717, 1.165) is 56.6 Å². The van der Waals surface area contributed by atoms with E-state index in [2.05, 4.69) is 52.0 Å². The summed E-state index contributed by atoms with van der Waals surface area (Å²) in [5.41, 5.74) is 6.37. The zero-order valence-corrected chi connectivity index (χ0v) is 22.4. The van der Waals surface area contributed by atoms with Gasteiger partial charge in [-0.1, -0.05) is 59.6 Å². The molecule has 5 rings (SSSR count). The number of rotatable bonds is 7. The third-order valence-corrected chi connectivity index (χ3v) is 8.00. The molecule has 1 aliphatic heterocycles. The van der Waals surface area contributed by atoms with Crippen LogP contribution in [-0.4, -0.2) is 47.5 Å². The molecule has 5 heteroatoms. The van der Waals surface area contributed by atoms with Gasteiger partial charge in [0.25, 0.3) is 0 Å². The summed E-state index contributed by atoms with van der Waals surface area (Å²) in [4.78, 5) is 2.48. The summed E-state index contributed by atoms with van der Waals surface area (Å²) in [7, 11) is 0. The van der Waals surface area contributed by atoms with Gasteiger partial charge in [0.2, 0.25) is 0 Å². The number of piperidine rings is 1. The van der Waals surface area contributed by atoms with Crippen LogP contribution in [0.1, 0.15) is 60.8 Å². The average Bonchev–Trinajstić information content (AvgIpc) is 3.17. The van der Waals surface area contributed by atoms with Crippen LogP contribution in [0, 0.1) is 0 Å². The van der Waals surface area contributed by atoms with Crippen molar-refractivity contribution in [2.75, 3.05) is 26.2 Å². The van der Waals surface area contributed by atoms with Gasteiger partial charge in [0.15, 0.2) is 0 Å². The average molecular weight is 549 g/mol. The topological polar surface area (TPSA) is 52.9 Å².